The highest BCUT2D eigenvalue weighted by Gasteiger charge is 2.24. The maximum Gasteiger partial charge on any atom is 0.326 e. The van der Waals surface area contributed by atoms with E-state index in [1.54, 1.807) is 7.05 Å². The Bertz CT molecular complexity index is 1020. The highest BCUT2D eigenvalue weighted by molar-refractivity contribution is 5.86. The number of hydrogen-bond donors (Lipinski definition) is 8. The van der Waals surface area contributed by atoms with E-state index < -0.39 is 54.8 Å². The standard InChI is InChI=1S/C30H54N6O13/c1-21(37)22(32-2)5-3-4-11-33-25(38)8-6-23(29(42)43)35-26(39)9-7-24(30(44)45)36-28(41)20-49-18-16-47-14-12-34-27(40)19-48-17-15-46-13-10-31/h22-24,32H,3-20,31H2,1-2H3,(H,33,38)(H,34,40)(H,35,39)(H,36,41)(H,42,43)(H,44,45)/t22-,23-,24-/m0/s1. The van der Waals surface area contributed by atoms with Gasteiger partial charge in [-0.1, -0.05) is 0 Å². The average molecular weight is 707 g/mol. The molecule has 0 saturated carbocycles. The highest BCUT2D eigenvalue weighted by Crippen LogP contribution is 2.04. The van der Waals surface area contributed by atoms with Gasteiger partial charge in [-0.3, -0.25) is 24.0 Å². The molecule has 19 heteroatoms. The summed E-state index contributed by atoms with van der Waals surface area (Å²) >= 11 is 0. The summed E-state index contributed by atoms with van der Waals surface area (Å²) in [5, 5.41) is 31.6. The van der Waals surface area contributed by atoms with Gasteiger partial charge in [-0.25, -0.2) is 9.59 Å². The normalized spacial score (nSPS) is 12.7. The number of nitrogens with one attached hydrogen (secondary N) is 5. The number of carbonyl (C=O) groups is 7. The number of likely N-dealkylation sites (N-methyl/N-ethyl adjacent to an activating group) is 1. The lowest BCUT2D eigenvalue weighted by Gasteiger charge is -2.17. The number of carboxylic acids is 2. The quantitative estimate of drug-likeness (QED) is 0.0330. The second kappa shape index (κ2) is 29.2. The Kier molecular flexibility index (Phi) is 27.0. The van der Waals surface area contributed by atoms with E-state index in [-0.39, 0.29) is 76.6 Å². The van der Waals surface area contributed by atoms with Gasteiger partial charge in [0.05, 0.1) is 45.7 Å². The lowest BCUT2D eigenvalue weighted by molar-refractivity contribution is -0.144. The van der Waals surface area contributed by atoms with Crippen LogP contribution in [-0.4, -0.2) is 149 Å². The smallest absolute Gasteiger partial charge is 0.326 e. The Morgan fingerprint density at radius 1 is 0.592 bits per heavy atom. The van der Waals surface area contributed by atoms with Crippen LogP contribution in [-0.2, 0) is 52.5 Å². The predicted molar refractivity (Wildman–Crippen MR) is 173 cm³/mol. The van der Waals surface area contributed by atoms with E-state index in [4.69, 9.17) is 24.7 Å². The third-order valence-corrected chi connectivity index (χ3v) is 6.71. The van der Waals surface area contributed by atoms with Crippen molar-refractivity contribution in [2.24, 2.45) is 5.73 Å². The van der Waals surface area contributed by atoms with Crippen LogP contribution in [0.15, 0.2) is 0 Å². The number of hydrogen-bond acceptors (Lipinski definition) is 13. The SMILES string of the molecule is CN[C@@H](CCCCNC(=O)CC[C@H](NC(=O)CC[C@H](NC(=O)COCCOCCNC(=O)COCCOCCN)C(=O)O)C(=O)O)C(C)=O. The summed E-state index contributed by atoms with van der Waals surface area (Å²) in [6.45, 7) is 3.20. The fourth-order valence-electron chi connectivity index (χ4n) is 4.08. The third-order valence-electron chi connectivity index (χ3n) is 6.71. The molecule has 0 aromatic carbocycles. The molecule has 9 N–H and O–H groups in total. The van der Waals surface area contributed by atoms with Gasteiger partial charge < -0.3 is 61.5 Å². The van der Waals surface area contributed by atoms with Crippen molar-refractivity contribution in [2.45, 2.75) is 70.0 Å². The van der Waals surface area contributed by atoms with Crippen molar-refractivity contribution in [3.05, 3.63) is 0 Å². The fraction of sp³-hybridized carbons (Fsp3) is 0.767. The maximum absolute atomic E-state index is 12.3. The molecule has 0 aliphatic heterocycles. The molecule has 4 amide bonds. The first-order valence-electron chi connectivity index (χ1n) is 16.2. The zero-order valence-electron chi connectivity index (χ0n) is 28.4. The van der Waals surface area contributed by atoms with Crippen LogP contribution in [0.5, 0.6) is 0 Å². The largest absolute Gasteiger partial charge is 0.480 e. The average Bonchev–Trinajstić information content (AvgIpc) is 3.05. The Hall–Kier alpha value is -3.75. The molecule has 0 unspecified atom stereocenters. The zero-order valence-corrected chi connectivity index (χ0v) is 28.4. The summed E-state index contributed by atoms with van der Waals surface area (Å²) in [4.78, 5) is 82.8. The summed E-state index contributed by atoms with van der Waals surface area (Å²) in [5.41, 5.74) is 5.28. The van der Waals surface area contributed by atoms with Gasteiger partial charge in [-0.2, -0.15) is 0 Å². The lowest BCUT2D eigenvalue weighted by atomic mass is 10.1. The Morgan fingerprint density at radius 3 is 1.65 bits per heavy atom. The van der Waals surface area contributed by atoms with Crippen molar-refractivity contribution in [1.82, 2.24) is 26.6 Å². The molecule has 0 aliphatic rings. The van der Waals surface area contributed by atoms with Crippen molar-refractivity contribution < 1.29 is 62.7 Å². The van der Waals surface area contributed by atoms with Gasteiger partial charge in [0.2, 0.25) is 23.6 Å². The van der Waals surface area contributed by atoms with Crippen molar-refractivity contribution in [2.75, 3.05) is 79.5 Å². The summed E-state index contributed by atoms with van der Waals surface area (Å²) in [6.07, 6.45) is 0.888. The molecule has 0 aromatic rings. The molecular weight excluding hydrogens is 652 g/mol. The first-order chi connectivity index (χ1) is 23.4. The molecule has 0 heterocycles. The van der Waals surface area contributed by atoms with Crippen LogP contribution >= 0.6 is 0 Å². The molecule has 0 saturated heterocycles. The van der Waals surface area contributed by atoms with E-state index in [9.17, 15) is 43.8 Å². The van der Waals surface area contributed by atoms with E-state index >= 15 is 0 Å². The van der Waals surface area contributed by atoms with Crippen LogP contribution in [0.25, 0.3) is 0 Å². The van der Waals surface area contributed by atoms with Crippen LogP contribution < -0.4 is 32.3 Å². The van der Waals surface area contributed by atoms with Gasteiger partial charge in [0, 0.05) is 32.5 Å². The number of nitrogens with two attached hydrogens (primary N) is 1. The zero-order chi connectivity index (χ0) is 36.9. The van der Waals surface area contributed by atoms with Gasteiger partial charge in [-0.05, 0) is 46.1 Å². The van der Waals surface area contributed by atoms with Crippen LogP contribution in [0, 0.1) is 0 Å². The van der Waals surface area contributed by atoms with Crippen molar-refractivity contribution >= 4 is 41.4 Å². The molecule has 0 aromatic heterocycles. The molecular formula is C30H54N6O13. The third kappa shape index (κ3) is 25.9. The van der Waals surface area contributed by atoms with E-state index in [1.165, 1.54) is 6.92 Å². The van der Waals surface area contributed by atoms with E-state index in [2.05, 4.69) is 26.6 Å². The predicted octanol–water partition coefficient (Wildman–Crippen LogP) is -2.71. The van der Waals surface area contributed by atoms with E-state index in [0.29, 0.717) is 45.6 Å². The minimum absolute atomic E-state index is 0.0141. The number of amides is 4. The first kappa shape index (κ1) is 45.2. The van der Waals surface area contributed by atoms with Crippen LogP contribution in [0.3, 0.4) is 0 Å². The number of aliphatic carboxylic acids is 2. The number of Topliss-reactive ketones (excluding diaryl/α,β-unsaturated/α-hetero) is 1. The molecule has 0 rings (SSSR count). The molecule has 0 aliphatic carbocycles. The van der Waals surface area contributed by atoms with E-state index in [1.807, 2.05) is 0 Å². The Balaban J connectivity index is 4.20. The second-order valence-electron chi connectivity index (χ2n) is 10.8. The van der Waals surface area contributed by atoms with Crippen molar-refractivity contribution in [1.29, 1.82) is 0 Å². The minimum atomic E-state index is -1.43. The minimum Gasteiger partial charge on any atom is -0.480 e. The monoisotopic (exact) mass is 706 g/mol. The second-order valence-corrected chi connectivity index (χ2v) is 10.8. The van der Waals surface area contributed by atoms with Crippen molar-refractivity contribution in [3.63, 3.8) is 0 Å². The maximum atomic E-state index is 12.3. The van der Waals surface area contributed by atoms with E-state index in [0.717, 1.165) is 0 Å². The van der Waals surface area contributed by atoms with Crippen LogP contribution in [0.2, 0.25) is 0 Å². The summed E-state index contributed by atoms with van der Waals surface area (Å²) < 4.78 is 20.7. The first-order valence-corrected chi connectivity index (χ1v) is 16.2. The molecule has 19 nitrogen and oxygen atoms in total. The summed E-state index contributed by atoms with van der Waals surface area (Å²) in [5.74, 6) is -4.95. The van der Waals surface area contributed by atoms with Gasteiger partial charge >= 0.3 is 11.9 Å². The molecule has 0 spiro atoms. The molecule has 0 radical (unpaired) electrons. The Morgan fingerprint density at radius 2 is 1.10 bits per heavy atom. The molecule has 0 bridgehead atoms. The van der Waals surface area contributed by atoms with Gasteiger partial charge in [0.15, 0.2) is 0 Å². The topological polar surface area (TPSA) is 283 Å². The number of carbonyl (C=O) groups excluding carboxylic acids is 5. The highest BCUT2D eigenvalue weighted by atomic mass is 16.5. The number of ether oxygens (including phenoxy) is 4. The molecule has 0 fully saturated rings. The fourth-order valence-corrected chi connectivity index (χ4v) is 4.08. The number of unbranched alkanes of at least 4 members (excludes halogenated alkanes) is 1. The molecule has 3 atom stereocenters. The number of carboxylic acid groups (broad SMARTS) is 2. The van der Waals surface area contributed by atoms with Gasteiger partial charge in [0.25, 0.3) is 0 Å². The molecule has 282 valence electrons. The van der Waals surface area contributed by atoms with Gasteiger partial charge in [-0.15, -0.1) is 0 Å². The summed E-state index contributed by atoms with van der Waals surface area (Å²) in [6, 6.07) is -3.05. The number of ketones is 1. The van der Waals surface area contributed by atoms with Crippen LogP contribution in [0.1, 0.15) is 51.9 Å². The lowest BCUT2D eigenvalue weighted by Crippen LogP contribution is -2.45. The summed E-state index contributed by atoms with van der Waals surface area (Å²) in [7, 11) is 1.70. The van der Waals surface area contributed by atoms with Crippen molar-refractivity contribution in [3.8, 4) is 0 Å². The molecule has 49 heavy (non-hydrogen) atoms. The Labute approximate surface area is 286 Å². The van der Waals surface area contributed by atoms with Crippen LogP contribution in [0.4, 0.5) is 0 Å². The number of rotatable bonds is 32. The van der Waals surface area contributed by atoms with Gasteiger partial charge in [0.1, 0.15) is 31.1 Å².